The van der Waals surface area contributed by atoms with Gasteiger partial charge in [0.25, 0.3) is 5.91 Å². The first-order chi connectivity index (χ1) is 9.20. The fraction of sp³-hybridized carbons (Fsp3) is 0.133. The van der Waals surface area contributed by atoms with E-state index in [1.54, 1.807) is 30.6 Å². The second-order valence-corrected chi connectivity index (χ2v) is 4.15. The zero-order valence-corrected chi connectivity index (χ0v) is 10.8. The monoisotopic (exact) mass is 253 g/mol. The largest absolute Gasteiger partial charge is 0.349 e. The molecule has 1 N–H and O–H groups in total. The number of amides is 1. The Kier molecular flexibility index (Phi) is 4.03. The van der Waals surface area contributed by atoms with Crippen molar-refractivity contribution in [1.82, 2.24) is 15.3 Å². The number of carbonyl (C=O) groups is 1. The first-order valence-electron chi connectivity index (χ1n) is 5.99. The number of nitrogens with zero attached hydrogens (tertiary/aromatic N) is 2. The molecular formula is C15H15N3O. The number of hydrogen-bond acceptors (Lipinski definition) is 3. The van der Waals surface area contributed by atoms with Gasteiger partial charge in [-0.05, 0) is 36.8 Å². The summed E-state index contributed by atoms with van der Waals surface area (Å²) in [5.41, 5.74) is 3.12. The highest BCUT2D eigenvalue weighted by molar-refractivity contribution is 5.95. The second kappa shape index (κ2) is 5.91. The van der Waals surface area contributed by atoms with Crippen molar-refractivity contribution < 1.29 is 4.79 Å². The van der Waals surface area contributed by atoms with E-state index in [4.69, 9.17) is 0 Å². The second-order valence-electron chi connectivity index (χ2n) is 4.15. The fourth-order valence-corrected chi connectivity index (χ4v) is 1.66. The molecule has 2 aromatic rings. The van der Waals surface area contributed by atoms with Gasteiger partial charge in [-0.25, -0.2) is 0 Å². The highest BCUT2D eigenvalue weighted by Gasteiger charge is 2.07. The van der Waals surface area contributed by atoms with Crippen LogP contribution in [0.2, 0.25) is 0 Å². The van der Waals surface area contributed by atoms with Crippen LogP contribution in [0.15, 0.2) is 49.3 Å². The lowest BCUT2D eigenvalue weighted by atomic mass is 10.1. The van der Waals surface area contributed by atoms with Crippen molar-refractivity contribution in [3.8, 4) is 11.4 Å². The SMILES string of the molecule is C=CCNC(=O)c1ccnc(-c2cc(C)ccn2)c1. The molecule has 0 spiro atoms. The Labute approximate surface area is 112 Å². The molecule has 0 aliphatic carbocycles. The van der Waals surface area contributed by atoms with Crippen molar-refractivity contribution in [1.29, 1.82) is 0 Å². The minimum atomic E-state index is -0.142. The molecule has 0 unspecified atom stereocenters. The van der Waals surface area contributed by atoms with E-state index in [1.807, 2.05) is 19.1 Å². The molecule has 0 aliphatic heterocycles. The summed E-state index contributed by atoms with van der Waals surface area (Å²) in [6.07, 6.45) is 4.99. The molecule has 0 aromatic carbocycles. The average molecular weight is 253 g/mol. The van der Waals surface area contributed by atoms with Gasteiger partial charge in [0.2, 0.25) is 0 Å². The van der Waals surface area contributed by atoms with Crippen LogP contribution >= 0.6 is 0 Å². The maximum atomic E-state index is 11.8. The van der Waals surface area contributed by atoms with Crippen LogP contribution < -0.4 is 5.32 Å². The highest BCUT2D eigenvalue weighted by atomic mass is 16.1. The normalized spacial score (nSPS) is 9.95. The molecule has 4 heteroatoms. The van der Waals surface area contributed by atoms with Crippen molar-refractivity contribution in [2.24, 2.45) is 0 Å². The molecule has 96 valence electrons. The van der Waals surface area contributed by atoms with E-state index in [2.05, 4.69) is 21.9 Å². The maximum absolute atomic E-state index is 11.8. The Balaban J connectivity index is 2.29. The van der Waals surface area contributed by atoms with Crippen molar-refractivity contribution in [2.75, 3.05) is 6.54 Å². The molecule has 0 atom stereocenters. The summed E-state index contributed by atoms with van der Waals surface area (Å²) in [4.78, 5) is 20.4. The molecule has 0 saturated heterocycles. The highest BCUT2D eigenvalue weighted by Crippen LogP contribution is 2.16. The quantitative estimate of drug-likeness (QED) is 0.851. The molecule has 0 aliphatic rings. The summed E-state index contributed by atoms with van der Waals surface area (Å²) in [6, 6.07) is 7.27. The minimum Gasteiger partial charge on any atom is -0.349 e. The standard InChI is InChI=1S/C15H15N3O/c1-3-6-18-15(19)12-5-8-17-14(10-12)13-9-11(2)4-7-16-13/h3-5,7-10H,1,6H2,2H3,(H,18,19). The van der Waals surface area contributed by atoms with Crippen LogP contribution in [0.25, 0.3) is 11.4 Å². The summed E-state index contributed by atoms with van der Waals surface area (Å²) < 4.78 is 0. The van der Waals surface area contributed by atoms with E-state index in [9.17, 15) is 4.79 Å². The molecular weight excluding hydrogens is 238 g/mol. The Hall–Kier alpha value is -2.49. The van der Waals surface area contributed by atoms with Crippen molar-refractivity contribution in [3.63, 3.8) is 0 Å². The van der Waals surface area contributed by atoms with Gasteiger partial charge >= 0.3 is 0 Å². The minimum absolute atomic E-state index is 0.142. The van der Waals surface area contributed by atoms with E-state index in [0.29, 0.717) is 17.8 Å². The van der Waals surface area contributed by atoms with E-state index in [-0.39, 0.29) is 5.91 Å². The van der Waals surface area contributed by atoms with Crippen LogP contribution in [-0.2, 0) is 0 Å². The predicted octanol–water partition coefficient (Wildman–Crippen LogP) is 2.37. The van der Waals surface area contributed by atoms with Crippen LogP contribution in [0.4, 0.5) is 0 Å². The topological polar surface area (TPSA) is 54.9 Å². The number of carbonyl (C=O) groups excluding carboxylic acids is 1. The number of aromatic nitrogens is 2. The zero-order chi connectivity index (χ0) is 13.7. The van der Waals surface area contributed by atoms with E-state index in [0.717, 1.165) is 11.3 Å². The third kappa shape index (κ3) is 3.25. The Morgan fingerprint density at radius 3 is 2.63 bits per heavy atom. The number of hydrogen-bond donors (Lipinski definition) is 1. The Bertz CT molecular complexity index is 608. The summed E-state index contributed by atoms with van der Waals surface area (Å²) in [5.74, 6) is -0.142. The third-order valence-electron chi connectivity index (χ3n) is 2.61. The first kappa shape index (κ1) is 13.0. The van der Waals surface area contributed by atoms with E-state index in [1.165, 1.54) is 0 Å². The summed E-state index contributed by atoms with van der Waals surface area (Å²) in [5, 5.41) is 2.73. The Morgan fingerprint density at radius 1 is 1.26 bits per heavy atom. The van der Waals surface area contributed by atoms with Gasteiger partial charge in [0.05, 0.1) is 11.4 Å². The summed E-state index contributed by atoms with van der Waals surface area (Å²) in [7, 11) is 0. The predicted molar refractivity (Wildman–Crippen MR) is 74.7 cm³/mol. The molecule has 0 bridgehead atoms. The zero-order valence-electron chi connectivity index (χ0n) is 10.8. The lowest BCUT2D eigenvalue weighted by Gasteiger charge is -2.05. The molecule has 0 radical (unpaired) electrons. The van der Waals surface area contributed by atoms with Crippen LogP contribution in [0.5, 0.6) is 0 Å². The van der Waals surface area contributed by atoms with Gasteiger partial charge in [0.15, 0.2) is 0 Å². The smallest absolute Gasteiger partial charge is 0.251 e. The molecule has 4 nitrogen and oxygen atoms in total. The van der Waals surface area contributed by atoms with E-state index < -0.39 is 0 Å². The summed E-state index contributed by atoms with van der Waals surface area (Å²) >= 11 is 0. The van der Waals surface area contributed by atoms with Gasteiger partial charge in [-0.15, -0.1) is 6.58 Å². The van der Waals surface area contributed by atoms with Gasteiger partial charge in [0.1, 0.15) is 0 Å². The fourth-order valence-electron chi connectivity index (χ4n) is 1.66. The Morgan fingerprint density at radius 2 is 1.95 bits per heavy atom. The van der Waals surface area contributed by atoms with Gasteiger partial charge in [-0.2, -0.15) is 0 Å². The lowest BCUT2D eigenvalue weighted by molar-refractivity contribution is 0.0958. The molecule has 2 rings (SSSR count). The van der Waals surface area contributed by atoms with Gasteiger partial charge in [-0.1, -0.05) is 6.08 Å². The molecule has 2 heterocycles. The number of aryl methyl sites for hydroxylation is 1. The number of pyridine rings is 2. The average Bonchev–Trinajstić information content (AvgIpc) is 2.45. The van der Waals surface area contributed by atoms with E-state index >= 15 is 0 Å². The van der Waals surface area contributed by atoms with Crippen LogP contribution in [0.3, 0.4) is 0 Å². The number of rotatable bonds is 4. The molecule has 0 saturated carbocycles. The lowest BCUT2D eigenvalue weighted by Crippen LogP contribution is -2.23. The maximum Gasteiger partial charge on any atom is 0.251 e. The van der Waals surface area contributed by atoms with Gasteiger partial charge < -0.3 is 5.32 Å². The van der Waals surface area contributed by atoms with Crippen molar-refractivity contribution >= 4 is 5.91 Å². The number of nitrogens with one attached hydrogen (secondary N) is 1. The molecule has 1 amide bonds. The van der Waals surface area contributed by atoms with Crippen LogP contribution in [0, 0.1) is 6.92 Å². The first-order valence-corrected chi connectivity index (χ1v) is 5.99. The molecule has 2 aromatic heterocycles. The summed E-state index contributed by atoms with van der Waals surface area (Å²) in [6.45, 7) is 6.00. The van der Waals surface area contributed by atoms with Gasteiger partial charge in [-0.3, -0.25) is 14.8 Å². The third-order valence-corrected chi connectivity index (χ3v) is 2.61. The van der Waals surface area contributed by atoms with Crippen LogP contribution in [0.1, 0.15) is 15.9 Å². The molecule has 19 heavy (non-hydrogen) atoms. The van der Waals surface area contributed by atoms with Crippen LogP contribution in [-0.4, -0.2) is 22.4 Å². The van der Waals surface area contributed by atoms with Crippen molar-refractivity contribution in [2.45, 2.75) is 6.92 Å². The van der Waals surface area contributed by atoms with Crippen molar-refractivity contribution in [3.05, 3.63) is 60.4 Å². The molecule has 0 fully saturated rings. The van der Waals surface area contributed by atoms with Gasteiger partial charge in [0, 0.05) is 24.5 Å².